The van der Waals surface area contributed by atoms with Crippen LogP contribution in [0.4, 0.5) is 5.69 Å². The largest absolute Gasteiger partial charge is 0.489 e. The van der Waals surface area contributed by atoms with Gasteiger partial charge >= 0.3 is 0 Å². The van der Waals surface area contributed by atoms with Crippen LogP contribution in [0.3, 0.4) is 0 Å². The number of carbonyl (C=O) groups is 1. The third kappa shape index (κ3) is 3.39. The van der Waals surface area contributed by atoms with E-state index in [2.05, 4.69) is 0 Å². The smallest absolute Gasteiger partial charge is 0.248 e. The number of anilines is 1. The van der Waals surface area contributed by atoms with E-state index in [0.717, 1.165) is 5.56 Å². The number of nitrogens with two attached hydrogens (primary N) is 2. The summed E-state index contributed by atoms with van der Waals surface area (Å²) in [6, 6.07) is 11.9. The van der Waals surface area contributed by atoms with E-state index in [0.29, 0.717) is 28.6 Å². The van der Waals surface area contributed by atoms with Gasteiger partial charge in [-0.25, -0.2) is 0 Å². The maximum Gasteiger partial charge on any atom is 0.248 e. The van der Waals surface area contributed by atoms with E-state index in [9.17, 15) is 4.79 Å². The van der Waals surface area contributed by atoms with Crippen LogP contribution in [0, 0.1) is 0 Å². The second-order valence-corrected chi connectivity index (χ2v) is 4.46. The highest BCUT2D eigenvalue weighted by Crippen LogP contribution is 2.20. The highest BCUT2D eigenvalue weighted by atomic mass is 35.5. The first kappa shape index (κ1) is 13.2. The van der Waals surface area contributed by atoms with Crippen molar-refractivity contribution in [2.45, 2.75) is 6.61 Å². The second-order valence-electron chi connectivity index (χ2n) is 4.02. The average molecular weight is 277 g/mol. The Hall–Kier alpha value is -2.20. The molecule has 2 rings (SSSR count). The Kier molecular flexibility index (Phi) is 3.92. The van der Waals surface area contributed by atoms with E-state index in [-0.39, 0.29) is 0 Å². The van der Waals surface area contributed by atoms with Crippen molar-refractivity contribution in [3.63, 3.8) is 0 Å². The SMILES string of the molecule is NC(=O)c1ccc(OCc2ccc(Cl)cc2N)cc1. The number of primary amides is 1. The molecular formula is C14H13ClN2O2. The lowest BCUT2D eigenvalue weighted by molar-refractivity contribution is 0.100. The fourth-order valence-corrected chi connectivity index (χ4v) is 1.75. The van der Waals surface area contributed by atoms with Gasteiger partial charge in [0.2, 0.25) is 5.91 Å². The minimum absolute atomic E-state index is 0.332. The molecule has 0 saturated heterocycles. The number of benzene rings is 2. The van der Waals surface area contributed by atoms with Crippen LogP contribution in [-0.4, -0.2) is 5.91 Å². The Morgan fingerprint density at radius 1 is 1.16 bits per heavy atom. The van der Waals surface area contributed by atoms with Gasteiger partial charge in [-0.2, -0.15) is 0 Å². The Bertz CT molecular complexity index is 597. The number of rotatable bonds is 4. The molecule has 2 aromatic rings. The molecule has 19 heavy (non-hydrogen) atoms. The zero-order valence-corrected chi connectivity index (χ0v) is 10.9. The summed E-state index contributed by atoms with van der Waals surface area (Å²) in [5.74, 6) is 0.174. The van der Waals surface area contributed by atoms with Crippen molar-refractivity contribution in [3.8, 4) is 5.75 Å². The van der Waals surface area contributed by atoms with Crippen LogP contribution in [0.25, 0.3) is 0 Å². The van der Waals surface area contributed by atoms with Crippen LogP contribution in [0.15, 0.2) is 42.5 Å². The van der Waals surface area contributed by atoms with Crippen molar-refractivity contribution in [2.75, 3.05) is 5.73 Å². The third-order valence-corrected chi connectivity index (χ3v) is 2.88. The summed E-state index contributed by atoms with van der Waals surface area (Å²) in [6.07, 6.45) is 0. The molecule has 0 aliphatic carbocycles. The topological polar surface area (TPSA) is 78.3 Å². The van der Waals surface area contributed by atoms with Gasteiger partial charge in [0.25, 0.3) is 0 Å². The maximum atomic E-state index is 10.9. The molecule has 4 N–H and O–H groups in total. The summed E-state index contributed by atoms with van der Waals surface area (Å²) < 4.78 is 5.57. The quantitative estimate of drug-likeness (QED) is 0.843. The van der Waals surface area contributed by atoms with Gasteiger partial charge in [-0.15, -0.1) is 0 Å². The predicted octanol–water partition coefficient (Wildman–Crippen LogP) is 2.60. The van der Waals surface area contributed by atoms with Crippen molar-refractivity contribution < 1.29 is 9.53 Å². The first-order valence-corrected chi connectivity index (χ1v) is 6.00. The van der Waals surface area contributed by atoms with Gasteiger partial charge in [-0.1, -0.05) is 17.7 Å². The molecule has 5 heteroatoms. The molecule has 0 bridgehead atoms. The average Bonchev–Trinajstić information content (AvgIpc) is 2.38. The van der Waals surface area contributed by atoms with Gasteiger partial charge < -0.3 is 16.2 Å². The van der Waals surface area contributed by atoms with E-state index >= 15 is 0 Å². The molecule has 0 aliphatic rings. The summed E-state index contributed by atoms with van der Waals surface area (Å²) >= 11 is 5.82. The normalized spacial score (nSPS) is 10.2. The molecule has 0 aromatic heterocycles. The van der Waals surface area contributed by atoms with Gasteiger partial charge in [-0.05, 0) is 36.4 Å². The molecule has 1 amide bonds. The molecule has 2 aromatic carbocycles. The van der Waals surface area contributed by atoms with E-state index in [4.69, 9.17) is 27.8 Å². The highest BCUT2D eigenvalue weighted by Gasteiger charge is 2.03. The molecule has 0 spiro atoms. The van der Waals surface area contributed by atoms with Gasteiger partial charge in [0.05, 0.1) is 0 Å². The number of hydrogen-bond donors (Lipinski definition) is 2. The zero-order chi connectivity index (χ0) is 13.8. The lowest BCUT2D eigenvalue weighted by atomic mass is 10.2. The van der Waals surface area contributed by atoms with Crippen LogP contribution >= 0.6 is 11.6 Å². The zero-order valence-electron chi connectivity index (χ0n) is 10.1. The van der Waals surface area contributed by atoms with Gasteiger partial charge in [-0.3, -0.25) is 4.79 Å². The fraction of sp³-hybridized carbons (Fsp3) is 0.0714. The van der Waals surface area contributed by atoms with Crippen molar-refractivity contribution in [1.29, 1.82) is 0 Å². The number of halogens is 1. The van der Waals surface area contributed by atoms with Gasteiger partial charge in [0, 0.05) is 21.8 Å². The number of ether oxygens (including phenoxy) is 1. The molecule has 4 nitrogen and oxygen atoms in total. The van der Waals surface area contributed by atoms with E-state index in [1.807, 2.05) is 6.07 Å². The van der Waals surface area contributed by atoms with Crippen molar-refractivity contribution in [1.82, 2.24) is 0 Å². The van der Waals surface area contributed by atoms with Crippen LogP contribution < -0.4 is 16.2 Å². The first-order chi connectivity index (χ1) is 9.06. The van der Waals surface area contributed by atoms with Crippen LogP contribution in [0.5, 0.6) is 5.75 Å². The third-order valence-electron chi connectivity index (χ3n) is 2.64. The van der Waals surface area contributed by atoms with Gasteiger partial charge in [0.15, 0.2) is 0 Å². The molecule has 0 unspecified atom stereocenters. The van der Waals surface area contributed by atoms with Crippen LogP contribution in [0.1, 0.15) is 15.9 Å². The highest BCUT2D eigenvalue weighted by molar-refractivity contribution is 6.30. The lowest BCUT2D eigenvalue weighted by Gasteiger charge is -2.09. The number of hydrogen-bond acceptors (Lipinski definition) is 3. The molecular weight excluding hydrogens is 264 g/mol. The van der Waals surface area contributed by atoms with E-state index in [1.165, 1.54) is 0 Å². The fourth-order valence-electron chi connectivity index (χ4n) is 1.57. The first-order valence-electron chi connectivity index (χ1n) is 5.63. The predicted molar refractivity (Wildman–Crippen MR) is 75.2 cm³/mol. The summed E-state index contributed by atoms with van der Waals surface area (Å²) in [5, 5.41) is 0.590. The standard InChI is InChI=1S/C14H13ClN2O2/c15-11-4-1-10(13(16)7-11)8-19-12-5-2-9(3-6-12)14(17)18/h1-7H,8,16H2,(H2,17,18). The number of amides is 1. The molecule has 0 heterocycles. The summed E-state index contributed by atoms with van der Waals surface area (Å²) in [4.78, 5) is 10.9. The summed E-state index contributed by atoms with van der Waals surface area (Å²) in [7, 11) is 0. The van der Waals surface area contributed by atoms with Crippen molar-refractivity contribution >= 4 is 23.2 Å². The summed E-state index contributed by atoms with van der Waals surface area (Å²) in [6.45, 7) is 0.332. The molecule has 0 fully saturated rings. The Labute approximate surface area is 115 Å². The number of carbonyl (C=O) groups excluding carboxylic acids is 1. The molecule has 0 atom stereocenters. The molecule has 0 radical (unpaired) electrons. The number of nitrogen functional groups attached to an aromatic ring is 1. The molecule has 0 saturated carbocycles. The maximum absolute atomic E-state index is 10.9. The van der Waals surface area contributed by atoms with Crippen molar-refractivity contribution in [2.24, 2.45) is 5.73 Å². The Morgan fingerprint density at radius 3 is 2.42 bits per heavy atom. The van der Waals surface area contributed by atoms with Crippen molar-refractivity contribution in [3.05, 3.63) is 58.6 Å². The Morgan fingerprint density at radius 2 is 1.84 bits per heavy atom. The monoisotopic (exact) mass is 276 g/mol. The van der Waals surface area contributed by atoms with Gasteiger partial charge in [0.1, 0.15) is 12.4 Å². The van der Waals surface area contributed by atoms with E-state index in [1.54, 1.807) is 36.4 Å². The molecule has 98 valence electrons. The lowest BCUT2D eigenvalue weighted by Crippen LogP contribution is -2.10. The summed E-state index contributed by atoms with van der Waals surface area (Å²) in [5.41, 5.74) is 12.9. The minimum atomic E-state index is -0.464. The Balaban J connectivity index is 2.04. The minimum Gasteiger partial charge on any atom is -0.489 e. The second kappa shape index (κ2) is 5.63. The van der Waals surface area contributed by atoms with Crippen LogP contribution in [0.2, 0.25) is 5.02 Å². The van der Waals surface area contributed by atoms with E-state index < -0.39 is 5.91 Å². The molecule has 0 aliphatic heterocycles. The van der Waals surface area contributed by atoms with Crippen LogP contribution in [-0.2, 0) is 6.61 Å².